The zero-order chi connectivity index (χ0) is 12.8. The minimum absolute atomic E-state index is 0.0162. The van der Waals surface area contributed by atoms with Crippen LogP contribution >= 0.6 is 0 Å². The van der Waals surface area contributed by atoms with Gasteiger partial charge in [0.1, 0.15) is 5.75 Å². The van der Waals surface area contributed by atoms with Crippen LogP contribution in [0.25, 0.3) is 5.57 Å². The summed E-state index contributed by atoms with van der Waals surface area (Å²) in [5, 5.41) is 20.3. The van der Waals surface area contributed by atoms with Gasteiger partial charge in [0.25, 0.3) is 0 Å². The third kappa shape index (κ3) is 2.35. The van der Waals surface area contributed by atoms with Crippen LogP contribution in [0.3, 0.4) is 0 Å². The molecule has 1 heterocycles. The number of hydrogen-bond acceptors (Lipinski definition) is 4. The van der Waals surface area contributed by atoms with Crippen molar-refractivity contribution in [3.8, 4) is 5.75 Å². The molecule has 0 aromatic heterocycles. The minimum Gasteiger partial charge on any atom is -0.508 e. The topological polar surface area (TPSA) is 74.6 Å². The largest absolute Gasteiger partial charge is 0.508 e. The lowest BCUT2D eigenvalue weighted by Gasteiger charge is -2.17. The maximum Gasteiger partial charge on any atom is 0.200 e. The van der Waals surface area contributed by atoms with E-state index in [0.717, 1.165) is 5.41 Å². The summed E-state index contributed by atoms with van der Waals surface area (Å²) in [5.41, 5.74) is 0.0181. The summed E-state index contributed by atoms with van der Waals surface area (Å²) in [6, 6.07) is 4.14. The fourth-order valence-electron chi connectivity index (χ4n) is 1.93. The Morgan fingerprint density at radius 3 is 2.53 bits per heavy atom. The van der Waals surface area contributed by atoms with E-state index >= 15 is 0 Å². The van der Waals surface area contributed by atoms with E-state index in [-0.39, 0.29) is 17.1 Å². The number of phenols is 1. The van der Waals surface area contributed by atoms with Crippen LogP contribution in [0.2, 0.25) is 0 Å². The summed E-state index contributed by atoms with van der Waals surface area (Å²) >= 11 is 0. The van der Waals surface area contributed by atoms with Gasteiger partial charge in [0, 0.05) is 17.4 Å². The number of sulfone groups is 1. The van der Waals surface area contributed by atoms with Crippen LogP contribution in [-0.4, -0.2) is 24.2 Å². The van der Waals surface area contributed by atoms with Gasteiger partial charge in [-0.05, 0) is 37.6 Å². The van der Waals surface area contributed by atoms with Gasteiger partial charge in [0.05, 0.1) is 10.5 Å². The Kier molecular flexibility index (Phi) is 2.56. The van der Waals surface area contributed by atoms with Gasteiger partial charge in [0.2, 0.25) is 9.84 Å². The third-order valence-corrected chi connectivity index (χ3v) is 4.10. The van der Waals surface area contributed by atoms with E-state index in [1.54, 1.807) is 13.8 Å². The molecule has 2 rings (SSSR count). The lowest BCUT2D eigenvalue weighted by Crippen LogP contribution is -2.18. The third-order valence-electron chi connectivity index (χ3n) is 2.54. The Morgan fingerprint density at radius 1 is 1.29 bits per heavy atom. The first-order valence-electron chi connectivity index (χ1n) is 5.20. The van der Waals surface area contributed by atoms with Crippen LogP contribution in [0, 0.1) is 0 Å². The Bertz CT molecular complexity index is 591. The Hall–Kier alpha value is -1.33. The molecule has 0 saturated carbocycles. The second-order valence-corrected chi connectivity index (χ2v) is 6.62. The quantitative estimate of drug-likeness (QED) is 0.842. The molecule has 4 nitrogen and oxygen atoms in total. The molecule has 0 saturated heterocycles. The molecule has 5 heteroatoms. The summed E-state index contributed by atoms with van der Waals surface area (Å²) in [7, 11) is -3.43. The van der Waals surface area contributed by atoms with Crippen molar-refractivity contribution in [3.05, 3.63) is 29.2 Å². The number of benzene rings is 1. The van der Waals surface area contributed by atoms with Gasteiger partial charge in [-0.25, -0.2) is 8.42 Å². The van der Waals surface area contributed by atoms with Crippen LogP contribution in [0.5, 0.6) is 5.75 Å². The van der Waals surface area contributed by atoms with Gasteiger partial charge in [-0.3, -0.25) is 0 Å². The molecule has 0 unspecified atom stereocenters. The van der Waals surface area contributed by atoms with E-state index < -0.39 is 15.4 Å². The van der Waals surface area contributed by atoms with Gasteiger partial charge in [-0.1, -0.05) is 0 Å². The zero-order valence-electron chi connectivity index (χ0n) is 9.64. The van der Waals surface area contributed by atoms with E-state index in [1.807, 2.05) is 0 Å². The first-order valence-corrected chi connectivity index (χ1v) is 6.75. The smallest absolute Gasteiger partial charge is 0.200 e. The molecule has 1 aromatic carbocycles. The van der Waals surface area contributed by atoms with Crippen molar-refractivity contribution in [1.29, 1.82) is 0 Å². The van der Waals surface area contributed by atoms with Crippen LogP contribution in [-0.2, 0) is 9.84 Å². The predicted octanol–water partition coefficient (Wildman–Crippen LogP) is 1.68. The molecular weight excluding hydrogens is 240 g/mol. The van der Waals surface area contributed by atoms with Gasteiger partial charge in [-0.15, -0.1) is 0 Å². The highest BCUT2D eigenvalue weighted by Gasteiger charge is 2.29. The molecule has 0 spiro atoms. The first kappa shape index (κ1) is 12.1. The van der Waals surface area contributed by atoms with Crippen LogP contribution in [0.4, 0.5) is 0 Å². The van der Waals surface area contributed by atoms with E-state index in [1.165, 1.54) is 18.2 Å². The number of hydrogen-bond donors (Lipinski definition) is 2. The number of phenolic OH excluding ortho intramolecular Hbond substituents is 1. The maximum absolute atomic E-state index is 11.8. The number of aliphatic hydroxyl groups is 1. The Labute approximate surface area is 100 Å². The monoisotopic (exact) mass is 254 g/mol. The molecule has 1 aliphatic rings. The average Bonchev–Trinajstić information content (AvgIpc) is 2.35. The molecule has 0 aliphatic carbocycles. The fraction of sp³-hybridized carbons (Fsp3) is 0.333. The molecule has 17 heavy (non-hydrogen) atoms. The van der Waals surface area contributed by atoms with Crippen molar-refractivity contribution in [3.63, 3.8) is 0 Å². The SMILES string of the molecule is CC(C)(O)CC1=CS(=O)(=O)c2ccc(O)cc21. The van der Waals surface area contributed by atoms with Crippen LogP contribution in [0.15, 0.2) is 28.5 Å². The van der Waals surface area contributed by atoms with Gasteiger partial charge < -0.3 is 10.2 Å². The zero-order valence-corrected chi connectivity index (χ0v) is 10.5. The lowest BCUT2D eigenvalue weighted by molar-refractivity contribution is 0.0864. The normalized spacial score (nSPS) is 17.7. The lowest BCUT2D eigenvalue weighted by atomic mass is 9.95. The van der Waals surface area contributed by atoms with Crippen molar-refractivity contribution >= 4 is 15.4 Å². The minimum atomic E-state index is -3.43. The van der Waals surface area contributed by atoms with Crippen molar-refractivity contribution < 1.29 is 18.6 Å². The highest BCUT2D eigenvalue weighted by atomic mass is 32.2. The number of fused-ring (bicyclic) bond motifs is 1. The van der Waals surface area contributed by atoms with Gasteiger partial charge in [0.15, 0.2) is 0 Å². The standard InChI is InChI=1S/C12H14O4S/c1-12(2,14)6-8-7-17(15,16)11-4-3-9(13)5-10(8)11/h3-5,7,13-14H,6H2,1-2H3. The Morgan fingerprint density at radius 2 is 1.94 bits per heavy atom. The molecule has 92 valence electrons. The summed E-state index contributed by atoms with van der Waals surface area (Å²) in [6.07, 6.45) is 0.225. The van der Waals surface area contributed by atoms with Crippen molar-refractivity contribution in [1.82, 2.24) is 0 Å². The number of rotatable bonds is 2. The molecule has 0 amide bonds. The molecular formula is C12H14O4S. The first-order chi connectivity index (χ1) is 7.69. The van der Waals surface area contributed by atoms with Crippen LogP contribution in [0.1, 0.15) is 25.8 Å². The average molecular weight is 254 g/mol. The summed E-state index contributed by atoms with van der Waals surface area (Å²) in [6.45, 7) is 3.22. The maximum atomic E-state index is 11.8. The van der Waals surface area contributed by atoms with Gasteiger partial charge >= 0.3 is 0 Å². The van der Waals surface area contributed by atoms with E-state index in [9.17, 15) is 18.6 Å². The van der Waals surface area contributed by atoms with Crippen molar-refractivity contribution in [2.45, 2.75) is 30.8 Å². The molecule has 2 N–H and O–H groups in total. The molecule has 0 bridgehead atoms. The number of aromatic hydroxyl groups is 1. The van der Waals surface area contributed by atoms with E-state index in [4.69, 9.17) is 0 Å². The van der Waals surface area contributed by atoms with E-state index in [0.29, 0.717) is 11.1 Å². The molecule has 0 radical (unpaired) electrons. The second-order valence-electron chi connectivity index (χ2n) is 4.86. The van der Waals surface area contributed by atoms with Crippen molar-refractivity contribution in [2.24, 2.45) is 0 Å². The van der Waals surface area contributed by atoms with Crippen LogP contribution < -0.4 is 0 Å². The fourth-order valence-corrected chi connectivity index (χ4v) is 3.40. The molecule has 1 aromatic rings. The van der Waals surface area contributed by atoms with Gasteiger partial charge in [-0.2, -0.15) is 0 Å². The summed E-state index contributed by atoms with van der Waals surface area (Å²) < 4.78 is 23.6. The van der Waals surface area contributed by atoms with Crippen molar-refractivity contribution in [2.75, 3.05) is 0 Å². The Balaban J connectivity index is 2.56. The van der Waals surface area contributed by atoms with E-state index in [2.05, 4.69) is 0 Å². The summed E-state index contributed by atoms with van der Waals surface area (Å²) in [4.78, 5) is 0.189. The highest BCUT2D eigenvalue weighted by Crippen LogP contribution is 2.39. The predicted molar refractivity (Wildman–Crippen MR) is 64.2 cm³/mol. The highest BCUT2D eigenvalue weighted by molar-refractivity contribution is 7.95. The second kappa shape index (κ2) is 3.58. The molecule has 1 aliphatic heterocycles. The molecule has 0 fully saturated rings. The molecule has 0 atom stereocenters. The summed E-state index contributed by atoms with van der Waals surface area (Å²) in [5.74, 6) is 0.0162.